The molecule has 5 aromatic rings. The number of nitrogens with zero attached hydrogens (tertiary/aromatic N) is 6. The van der Waals surface area contributed by atoms with Crippen LogP contribution in [-0.4, -0.2) is 35.0 Å². The van der Waals surface area contributed by atoms with Gasteiger partial charge in [0.1, 0.15) is 11.4 Å². The van der Waals surface area contributed by atoms with Gasteiger partial charge in [-0.2, -0.15) is 10.2 Å². The predicted octanol–water partition coefficient (Wildman–Crippen LogP) is 5.18. The van der Waals surface area contributed by atoms with E-state index >= 15 is 0 Å². The molecule has 0 aliphatic heterocycles. The lowest BCUT2D eigenvalue weighted by Crippen LogP contribution is -2.12. The van der Waals surface area contributed by atoms with Crippen molar-refractivity contribution in [1.82, 2.24) is 35.0 Å². The van der Waals surface area contributed by atoms with E-state index in [2.05, 4.69) is 60.8 Å². The quantitative estimate of drug-likeness (QED) is 0.444. The molecule has 6 rings (SSSR count). The smallest absolute Gasteiger partial charge is 0.134 e. The van der Waals surface area contributed by atoms with Crippen LogP contribution in [0.5, 0.6) is 0 Å². The molecule has 3 heterocycles. The first-order valence-electron chi connectivity index (χ1n) is 10.9. The molecule has 3 aromatic heterocycles. The van der Waals surface area contributed by atoms with E-state index in [1.165, 1.54) is 32.1 Å². The fraction of sp³-hybridized carbons (Fsp3) is 0.250. The van der Waals surface area contributed by atoms with Crippen LogP contribution in [0, 0.1) is 0 Å². The van der Waals surface area contributed by atoms with E-state index < -0.39 is 0 Å². The van der Waals surface area contributed by atoms with Gasteiger partial charge in [-0.1, -0.05) is 54.8 Å². The average molecular weight is 409 g/mol. The number of aromatic amines is 1. The molecule has 0 bridgehead atoms. The third kappa shape index (κ3) is 3.32. The molecule has 0 radical (unpaired) electrons. The zero-order valence-corrected chi connectivity index (χ0v) is 17.1. The van der Waals surface area contributed by atoms with E-state index in [0.29, 0.717) is 6.04 Å². The van der Waals surface area contributed by atoms with Gasteiger partial charge in [-0.15, -0.1) is 5.10 Å². The van der Waals surface area contributed by atoms with E-state index in [0.717, 1.165) is 39.1 Å². The van der Waals surface area contributed by atoms with Crippen LogP contribution in [0.3, 0.4) is 0 Å². The van der Waals surface area contributed by atoms with Crippen molar-refractivity contribution in [3.05, 3.63) is 67.1 Å². The second-order valence-electron chi connectivity index (χ2n) is 8.21. The summed E-state index contributed by atoms with van der Waals surface area (Å²) in [5.41, 5.74) is 5.82. The highest BCUT2D eigenvalue weighted by Crippen LogP contribution is 2.30. The zero-order chi connectivity index (χ0) is 20.6. The molecule has 0 atom stereocenters. The van der Waals surface area contributed by atoms with E-state index in [1.807, 2.05) is 36.7 Å². The highest BCUT2D eigenvalue weighted by molar-refractivity contribution is 5.91. The number of H-pyrrole nitrogens is 1. The van der Waals surface area contributed by atoms with Crippen molar-refractivity contribution in [1.29, 1.82) is 0 Å². The average Bonchev–Trinajstić information content (AvgIpc) is 3.59. The number of benzene rings is 2. The van der Waals surface area contributed by atoms with Crippen LogP contribution in [0.15, 0.2) is 67.1 Å². The van der Waals surface area contributed by atoms with Gasteiger partial charge < -0.3 is 0 Å². The Labute approximate surface area is 179 Å². The summed E-state index contributed by atoms with van der Waals surface area (Å²) in [6.45, 7) is 0. The number of aromatic nitrogens is 7. The van der Waals surface area contributed by atoms with Crippen molar-refractivity contribution in [2.24, 2.45) is 0 Å². The molecule has 0 saturated heterocycles. The lowest BCUT2D eigenvalue weighted by atomic mass is 9.96. The molecule has 7 nitrogen and oxygen atoms in total. The SMILES string of the molecule is c1ccc2c(-c3cn(-c4ccc(-c5cnn(C6CCCCC6)c5)cc4)nn3)n[nH]c2c1. The molecule has 1 saturated carbocycles. The molecule has 0 spiro atoms. The minimum Gasteiger partial charge on any atom is -0.277 e. The molecule has 31 heavy (non-hydrogen) atoms. The summed E-state index contributed by atoms with van der Waals surface area (Å²) in [7, 11) is 0. The Morgan fingerprint density at radius 2 is 1.71 bits per heavy atom. The maximum atomic E-state index is 4.63. The topological polar surface area (TPSA) is 77.2 Å². The summed E-state index contributed by atoms with van der Waals surface area (Å²) in [5, 5.41) is 21.8. The lowest BCUT2D eigenvalue weighted by Gasteiger charge is -2.21. The maximum Gasteiger partial charge on any atom is 0.134 e. The molecule has 1 fully saturated rings. The summed E-state index contributed by atoms with van der Waals surface area (Å²) >= 11 is 0. The zero-order valence-electron chi connectivity index (χ0n) is 17.1. The number of para-hydroxylation sites is 1. The number of rotatable bonds is 4. The van der Waals surface area contributed by atoms with Gasteiger partial charge >= 0.3 is 0 Å². The second-order valence-corrected chi connectivity index (χ2v) is 8.21. The van der Waals surface area contributed by atoms with Gasteiger partial charge in [0.2, 0.25) is 0 Å². The molecule has 7 heteroatoms. The standard InChI is InChI=1S/C24H23N7/c1-2-6-19(7-3-1)30-15-18(14-25-30)17-10-12-20(13-11-17)31-16-23(27-29-31)24-21-8-4-5-9-22(21)26-28-24/h4-5,8-16,19H,1-3,6-7H2,(H,26,28). The molecule has 1 aliphatic rings. The van der Waals surface area contributed by atoms with Crippen LogP contribution in [0.4, 0.5) is 0 Å². The van der Waals surface area contributed by atoms with Gasteiger partial charge in [-0.05, 0) is 36.6 Å². The van der Waals surface area contributed by atoms with Crippen LogP contribution in [0.25, 0.3) is 39.1 Å². The van der Waals surface area contributed by atoms with Gasteiger partial charge in [0.05, 0.1) is 29.6 Å². The van der Waals surface area contributed by atoms with Crippen LogP contribution in [0.1, 0.15) is 38.1 Å². The Bertz CT molecular complexity index is 1320. The summed E-state index contributed by atoms with van der Waals surface area (Å²) in [6.07, 6.45) is 12.5. The van der Waals surface area contributed by atoms with Gasteiger partial charge in [-0.25, -0.2) is 4.68 Å². The van der Waals surface area contributed by atoms with Crippen molar-refractivity contribution in [3.63, 3.8) is 0 Å². The third-order valence-electron chi connectivity index (χ3n) is 6.22. The van der Waals surface area contributed by atoms with Crippen LogP contribution < -0.4 is 0 Å². The van der Waals surface area contributed by atoms with Crippen molar-refractivity contribution in [3.8, 4) is 28.2 Å². The molecule has 1 aliphatic carbocycles. The monoisotopic (exact) mass is 409 g/mol. The normalized spacial score (nSPS) is 15.0. The van der Waals surface area contributed by atoms with E-state index in [9.17, 15) is 0 Å². The van der Waals surface area contributed by atoms with Gasteiger partial charge in [0.15, 0.2) is 0 Å². The lowest BCUT2D eigenvalue weighted by molar-refractivity contribution is 0.329. The summed E-state index contributed by atoms with van der Waals surface area (Å²) in [6, 6.07) is 16.9. The second kappa shape index (κ2) is 7.50. The first-order valence-corrected chi connectivity index (χ1v) is 10.9. The highest BCUT2D eigenvalue weighted by Gasteiger charge is 2.16. The van der Waals surface area contributed by atoms with Crippen molar-refractivity contribution in [2.45, 2.75) is 38.1 Å². The Kier molecular flexibility index (Phi) is 4.37. The fourth-order valence-electron chi connectivity index (χ4n) is 4.50. The van der Waals surface area contributed by atoms with E-state index in [-0.39, 0.29) is 0 Å². The molecule has 2 aromatic carbocycles. The van der Waals surface area contributed by atoms with Crippen LogP contribution in [-0.2, 0) is 0 Å². The first kappa shape index (κ1) is 18.1. The van der Waals surface area contributed by atoms with Gasteiger partial charge in [0, 0.05) is 17.1 Å². The molecular weight excluding hydrogens is 386 g/mol. The van der Waals surface area contributed by atoms with Crippen molar-refractivity contribution >= 4 is 10.9 Å². The van der Waals surface area contributed by atoms with Crippen molar-refractivity contribution in [2.75, 3.05) is 0 Å². The molecule has 0 amide bonds. The van der Waals surface area contributed by atoms with Crippen LogP contribution in [0.2, 0.25) is 0 Å². The number of hydrogen-bond acceptors (Lipinski definition) is 4. The number of fused-ring (bicyclic) bond motifs is 1. The molecule has 1 N–H and O–H groups in total. The van der Waals surface area contributed by atoms with Crippen molar-refractivity contribution < 1.29 is 0 Å². The number of nitrogens with one attached hydrogen (secondary N) is 1. The van der Waals surface area contributed by atoms with E-state index in [1.54, 1.807) is 4.68 Å². The Morgan fingerprint density at radius 1 is 0.871 bits per heavy atom. The van der Waals surface area contributed by atoms with Gasteiger partial charge in [-0.3, -0.25) is 9.78 Å². The highest BCUT2D eigenvalue weighted by atomic mass is 15.4. The third-order valence-corrected chi connectivity index (χ3v) is 6.22. The van der Waals surface area contributed by atoms with E-state index in [4.69, 9.17) is 0 Å². The minimum absolute atomic E-state index is 0.550. The molecular formula is C24H23N7. The Hall–Kier alpha value is -3.74. The van der Waals surface area contributed by atoms with Crippen LogP contribution >= 0.6 is 0 Å². The first-order chi connectivity index (χ1) is 15.3. The minimum atomic E-state index is 0.550. The largest absolute Gasteiger partial charge is 0.277 e. The Balaban J connectivity index is 1.24. The fourth-order valence-corrected chi connectivity index (χ4v) is 4.50. The van der Waals surface area contributed by atoms with Gasteiger partial charge in [0.25, 0.3) is 0 Å². The predicted molar refractivity (Wildman–Crippen MR) is 120 cm³/mol. The Morgan fingerprint density at radius 3 is 2.58 bits per heavy atom. The number of hydrogen-bond donors (Lipinski definition) is 1. The molecule has 0 unspecified atom stereocenters. The summed E-state index contributed by atoms with van der Waals surface area (Å²) in [5.74, 6) is 0. The summed E-state index contributed by atoms with van der Waals surface area (Å²) in [4.78, 5) is 0. The summed E-state index contributed by atoms with van der Waals surface area (Å²) < 4.78 is 3.94. The molecule has 154 valence electrons. The maximum absolute atomic E-state index is 4.63.